The molecule has 0 spiro atoms. The van der Waals surface area contributed by atoms with Gasteiger partial charge in [0.2, 0.25) is 10.0 Å². The maximum absolute atomic E-state index is 13.0. The Morgan fingerprint density at radius 2 is 1.70 bits per heavy atom. The van der Waals surface area contributed by atoms with Crippen LogP contribution in [0.1, 0.15) is 45.5 Å². The van der Waals surface area contributed by atoms with Gasteiger partial charge in [0.05, 0.1) is 4.90 Å². The lowest BCUT2D eigenvalue weighted by Gasteiger charge is -2.26. The van der Waals surface area contributed by atoms with Crippen molar-refractivity contribution in [3.63, 3.8) is 0 Å². The standard InChI is InChI=1S/C22H27N3O4S/c1-16-10-11-19(30(28,29)25-12-5-4-6-13-25)15-20(16)21(26)23-18-9-7-8-17(14-18)22(27)24(2)3/h7-11,14-15H,4-6,12-13H2,1-3H3,(H,23,26). The third kappa shape index (κ3) is 4.71. The molecule has 1 fully saturated rings. The lowest BCUT2D eigenvalue weighted by Crippen LogP contribution is -2.35. The molecule has 8 heteroatoms. The van der Waals surface area contributed by atoms with Gasteiger partial charge in [-0.15, -0.1) is 0 Å². The molecule has 0 saturated carbocycles. The SMILES string of the molecule is Cc1ccc(S(=O)(=O)N2CCCCC2)cc1C(=O)Nc1cccc(C(=O)N(C)C)c1. The summed E-state index contributed by atoms with van der Waals surface area (Å²) in [7, 11) is -0.316. The van der Waals surface area contributed by atoms with Gasteiger partial charge in [0.25, 0.3) is 11.8 Å². The van der Waals surface area contributed by atoms with Crippen LogP contribution in [0.5, 0.6) is 0 Å². The van der Waals surface area contributed by atoms with Crippen molar-refractivity contribution in [3.05, 3.63) is 59.2 Å². The fraction of sp³-hybridized carbons (Fsp3) is 0.364. The summed E-state index contributed by atoms with van der Waals surface area (Å²) in [5, 5.41) is 2.77. The van der Waals surface area contributed by atoms with Crippen LogP contribution in [-0.2, 0) is 10.0 Å². The highest BCUT2D eigenvalue weighted by molar-refractivity contribution is 7.89. The summed E-state index contributed by atoms with van der Waals surface area (Å²) in [5.74, 6) is -0.588. The Kier molecular flexibility index (Phi) is 6.58. The third-order valence-electron chi connectivity index (χ3n) is 5.18. The summed E-state index contributed by atoms with van der Waals surface area (Å²) in [6.07, 6.45) is 2.73. The Balaban J connectivity index is 1.86. The van der Waals surface area contributed by atoms with E-state index in [1.165, 1.54) is 15.3 Å². The zero-order valence-corrected chi connectivity index (χ0v) is 18.3. The molecule has 1 aliphatic rings. The topological polar surface area (TPSA) is 86.8 Å². The van der Waals surface area contributed by atoms with Crippen LogP contribution in [0.25, 0.3) is 0 Å². The monoisotopic (exact) mass is 429 g/mol. The minimum absolute atomic E-state index is 0.122. The first kappa shape index (κ1) is 22.0. The minimum Gasteiger partial charge on any atom is -0.345 e. The Morgan fingerprint density at radius 1 is 1.00 bits per heavy atom. The van der Waals surface area contributed by atoms with E-state index in [0.717, 1.165) is 19.3 Å². The van der Waals surface area contributed by atoms with Crippen LogP contribution < -0.4 is 5.32 Å². The number of rotatable bonds is 5. The molecule has 30 heavy (non-hydrogen) atoms. The highest BCUT2D eigenvalue weighted by atomic mass is 32.2. The van der Waals surface area contributed by atoms with E-state index in [2.05, 4.69) is 5.32 Å². The van der Waals surface area contributed by atoms with E-state index in [1.807, 2.05) is 0 Å². The minimum atomic E-state index is -3.63. The van der Waals surface area contributed by atoms with Gasteiger partial charge in [-0.05, 0) is 55.7 Å². The fourth-order valence-corrected chi connectivity index (χ4v) is 4.99. The second-order valence-corrected chi connectivity index (χ2v) is 9.61. The largest absolute Gasteiger partial charge is 0.345 e. The molecule has 1 aliphatic heterocycles. The zero-order chi connectivity index (χ0) is 21.9. The predicted octanol–water partition coefficient (Wildman–Crippen LogP) is 3.12. The number of sulfonamides is 1. The van der Waals surface area contributed by atoms with E-state index in [0.29, 0.717) is 29.9 Å². The molecule has 3 rings (SSSR count). The number of anilines is 1. The van der Waals surface area contributed by atoms with Gasteiger partial charge in [0.1, 0.15) is 0 Å². The highest BCUT2D eigenvalue weighted by Gasteiger charge is 2.27. The molecule has 2 aromatic rings. The second kappa shape index (κ2) is 8.97. The first-order chi connectivity index (χ1) is 14.2. The summed E-state index contributed by atoms with van der Waals surface area (Å²) in [5.41, 5.74) is 1.88. The van der Waals surface area contributed by atoms with Crippen molar-refractivity contribution >= 4 is 27.5 Å². The van der Waals surface area contributed by atoms with Crippen LogP contribution in [0.3, 0.4) is 0 Å². The maximum Gasteiger partial charge on any atom is 0.255 e. The van der Waals surface area contributed by atoms with Gasteiger partial charge in [-0.1, -0.05) is 18.6 Å². The molecule has 1 heterocycles. The average molecular weight is 430 g/mol. The van der Waals surface area contributed by atoms with Crippen molar-refractivity contribution in [2.24, 2.45) is 0 Å². The summed E-state index contributed by atoms with van der Waals surface area (Å²) >= 11 is 0. The first-order valence-corrected chi connectivity index (χ1v) is 11.4. The summed E-state index contributed by atoms with van der Waals surface area (Å²) < 4.78 is 27.4. The van der Waals surface area contributed by atoms with Crippen LogP contribution in [0, 0.1) is 6.92 Å². The molecule has 2 aromatic carbocycles. The summed E-state index contributed by atoms with van der Waals surface area (Å²) in [4.78, 5) is 26.6. The zero-order valence-electron chi connectivity index (χ0n) is 17.5. The average Bonchev–Trinajstić information content (AvgIpc) is 2.74. The molecule has 0 unspecified atom stereocenters. The number of aryl methyl sites for hydroxylation is 1. The van der Waals surface area contributed by atoms with E-state index < -0.39 is 15.9 Å². The molecule has 7 nitrogen and oxygen atoms in total. The van der Waals surface area contributed by atoms with Crippen molar-refractivity contribution in [1.82, 2.24) is 9.21 Å². The van der Waals surface area contributed by atoms with Crippen molar-refractivity contribution in [1.29, 1.82) is 0 Å². The number of piperidine rings is 1. The van der Waals surface area contributed by atoms with Crippen LogP contribution in [0.15, 0.2) is 47.4 Å². The summed E-state index contributed by atoms with van der Waals surface area (Å²) in [6.45, 7) is 2.77. The number of benzene rings is 2. The predicted molar refractivity (Wildman–Crippen MR) is 116 cm³/mol. The molecule has 0 aromatic heterocycles. The van der Waals surface area contributed by atoms with Gasteiger partial charge < -0.3 is 10.2 Å². The summed E-state index contributed by atoms with van der Waals surface area (Å²) in [6, 6.07) is 11.3. The van der Waals surface area contributed by atoms with Gasteiger partial charge >= 0.3 is 0 Å². The number of carbonyl (C=O) groups is 2. The normalized spacial score (nSPS) is 14.9. The van der Waals surface area contributed by atoms with E-state index in [4.69, 9.17) is 0 Å². The third-order valence-corrected chi connectivity index (χ3v) is 7.07. The van der Waals surface area contributed by atoms with Gasteiger partial charge in [-0.2, -0.15) is 4.31 Å². The number of hydrogen-bond acceptors (Lipinski definition) is 4. The van der Waals surface area contributed by atoms with E-state index in [9.17, 15) is 18.0 Å². The van der Waals surface area contributed by atoms with Gasteiger partial charge in [0.15, 0.2) is 0 Å². The number of carbonyl (C=O) groups excluding carboxylic acids is 2. The van der Waals surface area contributed by atoms with Crippen molar-refractivity contribution < 1.29 is 18.0 Å². The first-order valence-electron chi connectivity index (χ1n) is 9.94. The Labute approximate surface area is 177 Å². The second-order valence-electron chi connectivity index (χ2n) is 7.68. The fourth-order valence-electron chi connectivity index (χ4n) is 3.45. The van der Waals surface area contributed by atoms with Crippen molar-refractivity contribution in [2.45, 2.75) is 31.1 Å². The number of amides is 2. The van der Waals surface area contributed by atoms with E-state index >= 15 is 0 Å². The van der Waals surface area contributed by atoms with Crippen molar-refractivity contribution in [2.75, 3.05) is 32.5 Å². The van der Waals surface area contributed by atoms with Crippen LogP contribution in [-0.4, -0.2) is 56.6 Å². The number of nitrogens with zero attached hydrogens (tertiary/aromatic N) is 2. The molecule has 2 amide bonds. The molecule has 1 N–H and O–H groups in total. The maximum atomic E-state index is 13.0. The molecule has 0 bridgehead atoms. The van der Waals surface area contributed by atoms with E-state index in [-0.39, 0.29) is 16.4 Å². The van der Waals surface area contributed by atoms with Gasteiger partial charge in [-0.3, -0.25) is 9.59 Å². The smallest absolute Gasteiger partial charge is 0.255 e. The Bertz CT molecular complexity index is 1060. The number of nitrogens with one attached hydrogen (secondary N) is 1. The lowest BCUT2D eigenvalue weighted by molar-refractivity contribution is 0.0827. The van der Waals surface area contributed by atoms with Crippen molar-refractivity contribution in [3.8, 4) is 0 Å². The number of hydrogen-bond donors (Lipinski definition) is 1. The molecule has 160 valence electrons. The molecule has 0 radical (unpaired) electrons. The highest BCUT2D eigenvalue weighted by Crippen LogP contribution is 2.23. The van der Waals surface area contributed by atoms with Crippen LogP contribution >= 0.6 is 0 Å². The quantitative estimate of drug-likeness (QED) is 0.791. The van der Waals surface area contributed by atoms with Gasteiger partial charge in [-0.25, -0.2) is 8.42 Å². The van der Waals surface area contributed by atoms with Crippen LogP contribution in [0.2, 0.25) is 0 Å². The molecule has 1 saturated heterocycles. The van der Waals surface area contributed by atoms with Gasteiger partial charge in [0, 0.05) is 44.0 Å². The molecule has 0 aliphatic carbocycles. The molecular weight excluding hydrogens is 402 g/mol. The van der Waals surface area contributed by atoms with E-state index in [1.54, 1.807) is 57.4 Å². The van der Waals surface area contributed by atoms with Crippen LogP contribution in [0.4, 0.5) is 5.69 Å². The Hall–Kier alpha value is -2.71. The Morgan fingerprint density at radius 3 is 2.37 bits per heavy atom. The molecular formula is C22H27N3O4S. The lowest BCUT2D eigenvalue weighted by atomic mass is 10.1. The molecule has 0 atom stereocenters.